The van der Waals surface area contributed by atoms with Gasteiger partial charge in [0.15, 0.2) is 0 Å². The molecule has 0 bridgehead atoms. The molecule has 2 N–H and O–H groups in total. The summed E-state index contributed by atoms with van der Waals surface area (Å²) in [5.74, 6) is 0.686. The van der Waals surface area contributed by atoms with Crippen molar-refractivity contribution in [1.29, 1.82) is 0 Å². The van der Waals surface area contributed by atoms with Crippen LogP contribution in [0.1, 0.15) is 16.9 Å². The summed E-state index contributed by atoms with van der Waals surface area (Å²) in [6.45, 7) is 0.110. The van der Waals surface area contributed by atoms with Gasteiger partial charge in [0.05, 0.1) is 12.6 Å². The Hall–Kier alpha value is -2.40. The van der Waals surface area contributed by atoms with Crippen molar-refractivity contribution in [3.05, 3.63) is 48.2 Å². The topological polar surface area (TPSA) is 71.5 Å². The monoisotopic (exact) mass is 298 g/mol. The van der Waals surface area contributed by atoms with E-state index in [1.165, 1.54) is 0 Å². The van der Waals surface area contributed by atoms with Gasteiger partial charge in [-0.25, -0.2) is 4.98 Å². The molecular weight excluding hydrogens is 280 g/mol. The van der Waals surface area contributed by atoms with Crippen molar-refractivity contribution in [2.24, 2.45) is 5.92 Å². The zero-order chi connectivity index (χ0) is 15.5. The van der Waals surface area contributed by atoms with E-state index in [1.807, 2.05) is 36.4 Å². The van der Waals surface area contributed by atoms with Gasteiger partial charge in [-0.3, -0.25) is 4.79 Å². The Morgan fingerprint density at radius 2 is 2.23 bits per heavy atom. The number of aliphatic hydroxyl groups is 1. The number of aromatic nitrogens is 1. The molecule has 3 rings (SSSR count). The minimum Gasteiger partial charge on any atom is -0.497 e. The Morgan fingerprint density at radius 3 is 2.95 bits per heavy atom. The van der Waals surface area contributed by atoms with E-state index in [9.17, 15) is 4.79 Å². The fraction of sp³-hybridized carbons (Fsp3) is 0.294. The lowest BCUT2D eigenvalue weighted by Crippen LogP contribution is -2.33. The Labute approximate surface area is 128 Å². The molecule has 0 saturated heterocycles. The molecule has 0 aliphatic heterocycles. The van der Waals surface area contributed by atoms with Crippen LogP contribution in [0, 0.1) is 5.92 Å². The summed E-state index contributed by atoms with van der Waals surface area (Å²) >= 11 is 0. The minimum atomic E-state index is -0.203. The lowest BCUT2D eigenvalue weighted by Gasteiger charge is -2.12. The van der Waals surface area contributed by atoms with Crippen molar-refractivity contribution in [2.45, 2.75) is 12.5 Å². The van der Waals surface area contributed by atoms with E-state index in [0.717, 1.165) is 23.1 Å². The molecule has 1 aromatic heterocycles. The van der Waals surface area contributed by atoms with Crippen molar-refractivity contribution < 1.29 is 14.6 Å². The SMILES string of the molecule is COc1ccc2nc(C(=O)N[C@@H]3C=C[C@H](CO)C3)ccc2c1. The molecular formula is C17H18N2O3. The number of fused-ring (bicyclic) bond motifs is 1. The number of nitrogens with one attached hydrogen (secondary N) is 1. The predicted octanol–water partition coefficient (Wildman–Crippen LogP) is 1.91. The van der Waals surface area contributed by atoms with Crippen molar-refractivity contribution in [2.75, 3.05) is 13.7 Å². The minimum absolute atomic E-state index is 0.0435. The molecule has 0 unspecified atom stereocenters. The molecule has 1 amide bonds. The van der Waals surface area contributed by atoms with E-state index in [-0.39, 0.29) is 24.5 Å². The highest BCUT2D eigenvalue weighted by molar-refractivity contribution is 5.95. The molecule has 1 aliphatic carbocycles. The molecule has 5 heteroatoms. The second kappa shape index (κ2) is 6.15. The second-order valence-electron chi connectivity index (χ2n) is 5.40. The van der Waals surface area contributed by atoms with E-state index in [2.05, 4.69) is 10.3 Å². The highest BCUT2D eigenvalue weighted by Crippen LogP contribution is 2.20. The van der Waals surface area contributed by atoms with Gasteiger partial charge in [0.2, 0.25) is 0 Å². The third kappa shape index (κ3) is 2.94. The Balaban J connectivity index is 1.75. The second-order valence-corrected chi connectivity index (χ2v) is 5.40. The van der Waals surface area contributed by atoms with Crippen molar-refractivity contribution in [3.8, 4) is 5.75 Å². The number of methoxy groups -OCH3 is 1. The van der Waals surface area contributed by atoms with Gasteiger partial charge in [0.25, 0.3) is 5.91 Å². The molecule has 22 heavy (non-hydrogen) atoms. The van der Waals surface area contributed by atoms with E-state index >= 15 is 0 Å². The third-order valence-electron chi connectivity index (χ3n) is 3.85. The summed E-state index contributed by atoms with van der Waals surface area (Å²) in [4.78, 5) is 16.7. The van der Waals surface area contributed by atoms with Crippen LogP contribution in [0.25, 0.3) is 10.9 Å². The normalized spacial score (nSPS) is 20.3. The Morgan fingerprint density at radius 1 is 1.36 bits per heavy atom. The number of pyridine rings is 1. The molecule has 0 fully saturated rings. The first-order valence-electron chi connectivity index (χ1n) is 7.24. The first-order valence-corrected chi connectivity index (χ1v) is 7.24. The maximum absolute atomic E-state index is 12.3. The quantitative estimate of drug-likeness (QED) is 0.846. The summed E-state index contributed by atoms with van der Waals surface area (Å²) in [5, 5.41) is 13.0. The number of hydrogen-bond acceptors (Lipinski definition) is 4. The fourth-order valence-electron chi connectivity index (χ4n) is 2.62. The van der Waals surface area contributed by atoms with Gasteiger partial charge < -0.3 is 15.2 Å². The number of ether oxygens (including phenoxy) is 1. The van der Waals surface area contributed by atoms with Gasteiger partial charge in [-0.1, -0.05) is 18.2 Å². The summed E-state index contributed by atoms with van der Waals surface area (Å²) in [7, 11) is 1.62. The van der Waals surface area contributed by atoms with Gasteiger partial charge >= 0.3 is 0 Å². The number of carbonyl (C=O) groups excluding carboxylic acids is 1. The molecule has 5 nitrogen and oxygen atoms in total. The smallest absolute Gasteiger partial charge is 0.270 e. The average Bonchev–Trinajstić information content (AvgIpc) is 3.01. The molecule has 0 spiro atoms. The molecule has 114 valence electrons. The average molecular weight is 298 g/mol. The number of amides is 1. The van der Waals surface area contributed by atoms with E-state index < -0.39 is 0 Å². The van der Waals surface area contributed by atoms with Crippen LogP contribution in [-0.2, 0) is 0 Å². The molecule has 2 atom stereocenters. The summed E-state index contributed by atoms with van der Waals surface area (Å²) < 4.78 is 5.17. The number of hydrogen-bond donors (Lipinski definition) is 2. The number of benzene rings is 1. The van der Waals surface area contributed by atoms with Crippen LogP contribution < -0.4 is 10.1 Å². The fourth-order valence-corrected chi connectivity index (χ4v) is 2.62. The van der Waals surface area contributed by atoms with Crippen LogP contribution in [-0.4, -0.2) is 35.8 Å². The number of nitrogens with zero attached hydrogens (tertiary/aromatic N) is 1. The maximum atomic E-state index is 12.3. The summed E-state index contributed by atoms with van der Waals surface area (Å²) in [6, 6.07) is 9.07. The van der Waals surface area contributed by atoms with Crippen LogP contribution in [0.15, 0.2) is 42.5 Å². The van der Waals surface area contributed by atoms with Gasteiger partial charge in [-0.2, -0.15) is 0 Å². The van der Waals surface area contributed by atoms with Crippen molar-refractivity contribution in [3.63, 3.8) is 0 Å². The van der Waals surface area contributed by atoms with Gasteiger partial charge in [-0.05, 0) is 30.7 Å². The first-order chi connectivity index (χ1) is 10.7. The van der Waals surface area contributed by atoms with Crippen LogP contribution in [0.4, 0.5) is 0 Å². The lowest BCUT2D eigenvalue weighted by atomic mass is 10.1. The molecule has 1 heterocycles. The number of rotatable bonds is 4. The van der Waals surface area contributed by atoms with Crippen LogP contribution in [0.3, 0.4) is 0 Å². The van der Waals surface area contributed by atoms with Gasteiger partial charge in [-0.15, -0.1) is 0 Å². The molecule has 0 saturated carbocycles. The van der Waals surface area contributed by atoms with E-state index in [0.29, 0.717) is 5.69 Å². The molecule has 0 radical (unpaired) electrons. The summed E-state index contributed by atoms with van der Waals surface area (Å²) in [5.41, 5.74) is 1.14. The first kappa shape index (κ1) is 14.5. The number of aliphatic hydroxyl groups excluding tert-OH is 1. The van der Waals surface area contributed by atoms with Crippen LogP contribution in [0.5, 0.6) is 5.75 Å². The molecule has 1 aliphatic rings. The van der Waals surface area contributed by atoms with Crippen LogP contribution in [0.2, 0.25) is 0 Å². The summed E-state index contributed by atoms with van der Waals surface area (Å²) in [6.07, 6.45) is 4.59. The highest BCUT2D eigenvalue weighted by atomic mass is 16.5. The zero-order valence-corrected chi connectivity index (χ0v) is 12.3. The molecule has 1 aromatic carbocycles. The van der Waals surface area contributed by atoms with Crippen molar-refractivity contribution in [1.82, 2.24) is 10.3 Å². The zero-order valence-electron chi connectivity index (χ0n) is 12.3. The lowest BCUT2D eigenvalue weighted by molar-refractivity contribution is 0.0936. The maximum Gasteiger partial charge on any atom is 0.270 e. The predicted molar refractivity (Wildman–Crippen MR) is 83.9 cm³/mol. The van der Waals surface area contributed by atoms with Gasteiger partial charge in [0.1, 0.15) is 11.4 Å². The number of carbonyl (C=O) groups is 1. The van der Waals surface area contributed by atoms with E-state index in [4.69, 9.17) is 9.84 Å². The van der Waals surface area contributed by atoms with E-state index in [1.54, 1.807) is 13.2 Å². The highest BCUT2D eigenvalue weighted by Gasteiger charge is 2.20. The Kier molecular flexibility index (Phi) is 4.06. The van der Waals surface area contributed by atoms with Gasteiger partial charge in [0, 0.05) is 24.0 Å². The van der Waals surface area contributed by atoms with Crippen molar-refractivity contribution >= 4 is 16.8 Å². The standard InChI is InChI=1S/C17H18N2O3/c1-22-14-5-7-15-12(9-14)3-6-16(19-15)17(21)18-13-4-2-11(8-13)10-20/h2-7,9,11,13,20H,8,10H2,1H3,(H,18,21)/t11-,13+/m0/s1. The third-order valence-corrected chi connectivity index (χ3v) is 3.85. The Bertz CT molecular complexity index is 727. The molecule has 2 aromatic rings. The van der Waals surface area contributed by atoms with Crippen LogP contribution >= 0.6 is 0 Å². The largest absolute Gasteiger partial charge is 0.497 e.